The Morgan fingerprint density at radius 3 is 2.70 bits per heavy atom. The average molecular weight is 310 g/mol. The highest BCUT2D eigenvalue weighted by Crippen LogP contribution is 2.32. The number of benzene rings is 1. The molecule has 0 radical (unpaired) electrons. The van der Waals surface area contributed by atoms with E-state index in [0.29, 0.717) is 5.01 Å². The fraction of sp³-hybridized carbons (Fsp3) is 0.308. The summed E-state index contributed by atoms with van der Waals surface area (Å²) in [6, 6.07) is 5.79. The van der Waals surface area contributed by atoms with Crippen LogP contribution in [0.4, 0.5) is 5.69 Å². The molecule has 0 aliphatic carbocycles. The van der Waals surface area contributed by atoms with Crippen molar-refractivity contribution in [3.8, 4) is 0 Å². The fourth-order valence-corrected chi connectivity index (χ4v) is 3.16. The summed E-state index contributed by atoms with van der Waals surface area (Å²) in [5.74, 6) is -1.83. The van der Waals surface area contributed by atoms with Crippen molar-refractivity contribution in [2.75, 3.05) is 19.0 Å². The summed E-state index contributed by atoms with van der Waals surface area (Å²) in [6.07, 6.45) is -0.289. The molecule has 0 aliphatic heterocycles. The van der Waals surface area contributed by atoms with E-state index in [0.717, 1.165) is 15.9 Å². The summed E-state index contributed by atoms with van der Waals surface area (Å²) in [5, 5.41) is 8.90. The van der Waals surface area contributed by atoms with Crippen LogP contribution in [0.15, 0.2) is 18.2 Å². The third-order valence-corrected chi connectivity index (χ3v) is 4.34. The summed E-state index contributed by atoms with van der Waals surface area (Å²) in [4.78, 5) is 28.7. The molecule has 5 nitrogen and oxygen atoms in total. The van der Waals surface area contributed by atoms with Crippen molar-refractivity contribution < 1.29 is 14.7 Å². The van der Waals surface area contributed by atoms with Crippen molar-refractivity contribution in [2.24, 2.45) is 0 Å². The van der Waals surface area contributed by atoms with Crippen molar-refractivity contribution in [2.45, 2.75) is 12.3 Å². The zero-order valence-electron chi connectivity index (χ0n) is 11.0. The monoisotopic (exact) mass is 310 g/mol. The van der Waals surface area contributed by atoms with Gasteiger partial charge in [0.15, 0.2) is 5.12 Å². The maximum absolute atomic E-state index is 11.5. The largest absolute Gasteiger partial charge is 0.481 e. The molecule has 1 heterocycles. The van der Waals surface area contributed by atoms with Crippen LogP contribution in [0.3, 0.4) is 0 Å². The Labute approximate surface area is 125 Å². The summed E-state index contributed by atoms with van der Waals surface area (Å²) in [7, 11) is 3.86. The van der Waals surface area contributed by atoms with Crippen molar-refractivity contribution >= 4 is 51.0 Å². The first-order valence-electron chi connectivity index (χ1n) is 5.91. The van der Waals surface area contributed by atoms with Gasteiger partial charge in [-0.25, -0.2) is 4.98 Å². The van der Waals surface area contributed by atoms with Crippen LogP contribution >= 0.6 is 24.0 Å². The van der Waals surface area contributed by atoms with Gasteiger partial charge < -0.3 is 10.0 Å². The Morgan fingerprint density at radius 1 is 1.45 bits per heavy atom. The smallest absolute Gasteiger partial charge is 0.304 e. The first kappa shape index (κ1) is 14.8. The van der Waals surface area contributed by atoms with Gasteiger partial charge in [-0.1, -0.05) is 0 Å². The SMILES string of the molecule is CN(C)c1ccc2sc(C(CC(=O)O)C(=O)S)nc2c1. The number of aliphatic carboxylic acids is 1. The van der Waals surface area contributed by atoms with Gasteiger partial charge >= 0.3 is 5.97 Å². The number of rotatable bonds is 5. The first-order chi connectivity index (χ1) is 9.38. The van der Waals surface area contributed by atoms with E-state index in [-0.39, 0.29) is 6.42 Å². The normalized spacial score (nSPS) is 12.3. The molecule has 20 heavy (non-hydrogen) atoms. The quantitative estimate of drug-likeness (QED) is 0.830. The third-order valence-electron chi connectivity index (χ3n) is 2.88. The van der Waals surface area contributed by atoms with Gasteiger partial charge in [-0.2, -0.15) is 0 Å². The molecule has 0 fully saturated rings. The number of thiazole rings is 1. The van der Waals surface area contributed by atoms with E-state index in [2.05, 4.69) is 17.6 Å². The van der Waals surface area contributed by atoms with Crippen molar-refractivity contribution in [1.82, 2.24) is 4.98 Å². The lowest BCUT2D eigenvalue weighted by atomic mass is 10.1. The van der Waals surface area contributed by atoms with Gasteiger partial charge in [0.2, 0.25) is 0 Å². The second kappa shape index (κ2) is 5.80. The second-order valence-electron chi connectivity index (χ2n) is 4.59. The van der Waals surface area contributed by atoms with E-state index >= 15 is 0 Å². The van der Waals surface area contributed by atoms with Crippen LogP contribution in [0.25, 0.3) is 10.2 Å². The van der Waals surface area contributed by atoms with Gasteiger partial charge in [0.25, 0.3) is 0 Å². The number of carboxylic acids is 1. The number of hydrogen-bond donors (Lipinski definition) is 2. The predicted octanol–water partition coefficient (Wildman–Crippen LogP) is 2.38. The Bertz CT molecular complexity index is 667. The summed E-state index contributed by atoms with van der Waals surface area (Å²) in [6.45, 7) is 0. The predicted molar refractivity (Wildman–Crippen MR) is 82.9 cm³/mol. The van der Waals surface area contributed by atoms with Gasteiger partial charge in [-0.15, -0.1) is 24.0 Å². The number of nitrogens with zero attached hydrogens (tertiary/aromatic N) is 2. The summed E-state index contributed by atoms with van der Waals surface area (Å²) >= 11 is 5.10. The van der Waals surface area contributed by atoms with E-state index in [1.807, 2.05) is 37.2 Å². The molecule has 0 aliphatic rings. The molecule has 0 saturated carbocycles. The molecule has 1 atom stereocenters. The van der Waals surface area contributed by atoms with Crippen LogP contribution in [0.1, 0.15) is 17.3 Å². The van der Waals surface area contributed by atoms with E-state index in [1.165, 1.54) is 11.3 Å². The average Bonchev–Trinajstić information content (AvgIpc) is 2.77. The number of anilines is 1. The van der Waals surface area contributed by atoms with Crippen LogP contribution in [0, 0.1) is 0 Å². The molecule has 0 bridgehead atoms. The van der Waals surface area contributed by atoms with Crippen LogP contribution in [0.5, 0.6) is 0 Å². The number of hydrogen-bond acceptors (Lipinski definition) is 5. The van der Waals surface area contributed by atoms with Gasteiger partial charge in [-0.3, -0.25) is 9.59 Å². The lowest BCUT2D eigenvalue weighted by Gasteiger charge is -2.11. The van der Waals surface area contributed by atoms with Crippen LogP contribution in [0.2, 0.25) is 0 Å². The Morgan fingerprint density at radius 2 is 2.15 bits per heavy atom. The molecule has 2 aromatic rings. The lowest BCUT2D eigenvalue weighted by Crippen LogP contribution is -2.12. The minimum atomic E-state index is -1.04. The molecule has 1 aromatic heterocycles. The van der Waals surface area contributed by atoms with Gasteiger partial charge in [0.05, 0.1) is 22.6 Å². The van der Waals surface area contributed by atoms with Crippen molar-refractivity contribution in [1.29, 1.82) is 0 Å². The third kappa shape index (κ3) is 3.10. The number of carbonyl (C=O) groups is 2. The molecular weight excluding hydrogens is 296 g/mol. The van der Waals surface area contributed by atoms with Gasteiger partial charge in [-0.05, 0) is 18.2 Å². The standard InChI is InChI=1S/C13H14N2O3S2/c1-15(2)7-3-4-10-9(5-7)14-12(20-10)8(13(18)19)6-11(16)17/h3-5,8H,6H2,1-2H3,(H,16,17)(H,18,19). The fourth-order valence-electron chi connectivity index (χ4n) is 1.82. The lowest BCUT2D eigenvalue weighted by molar-refractivity contribution is -0.138. The first-order valence-corrected chi connectivity index (χ1v) is 7.17. The highest BCUT2D eigenvalue weighted by molar-refractivity contribution is 7.96. The van der Waals surface area contributed by atoms with E-state index in [1.54, 1.807) is 0 Å². The van der Waals surface area contributed by atoms with Gasteiger partial charge in [0.1, 0.15) is 5.01 Å². The van der Waals surface area contributed by atoms with E-state index < -0.39 is 17.0 Å². The molecule has 106 valence electrons. The van der Waals surface area contributed by atoms with Crippen LogP contribution in [-0.4, -0.2) is 35.3 Å². The minimum Gasteiger partial charge on any atom is -0.481 e. The number of fused-ring (bicyclic) bond motifs is 1. The molecule has 0 spiro atoms. The Hall–Kier alpha value is -1.60. The molecule has 1 unspecified atom stereocenters. The van der Waals surface area contributed by atoms with E-state index in [9.17, 15) is 9.59 Å². The number of thiol groups is 1. The summed E-state index contributed by atoms with van der Waals surface area (Å²) in [5.41, 5.74) is 1.77. The Balaban J connectivity index is 2.43. The number of carboxylic acid groups (broad SMARTS) is 1. The van der Waals surface area contributed by atoms with Gasteiger partial charge in [0, 0.05) is 19.8 Å². The second-order valence-corrected chi connectivity index (χ2v) is 6.09. The van der Waals surface area contributed by atoms with Crippen LogP contribution in [-0.2, 0) is 9.59 Å². The van der Waals surface area contributed by atoms with Crippen LogP contribution < -0.4 is 4.90 Å². The molecule has 1 N–H and O–H groups in total. The van der Waals surface area contributed by atoms with Crippen molar-refractivity contribution in [3.63, 3.8) is 0 Å². The minimum absolute atomic E-state index is 0.289. The summed E-state index contributed by atoms with van der Waals surface area (Å²) < 4.78 is 0.926. The molecule has 0 amide bonds. The molecule has 7 heteroatoms. The van der Waals surface area contributed by atoms with Crippen molar-refractivity contribution in [3.05, 3.63) is 23.2 Å². The highest BCUT2D eigenvalue weighted by Gasteiger charge is 2.24. The molecular formula is C13H14N2O3S2. The number of aromatic nitrogens is 1. The zero-order chi connectivity index (χ0) is 14.9. The molecule has 1 aromatic carbocycles. The number of carbonyl (C=O) groups excluding carboxylic acids is 1. The topological polar surface area (TPSA) is 70.5 Å². The zero-order valence-corrected chi connectivity index (χ0v) is 12.7. The maximum Gasteiger partial charge on any atom is 0.304 e. The maximum atomic E-state index is 11.5. The Kier molecular flexibility index (Phi) is 4.29. The highest BCUT2D eigenvalue weighted by atomic mass is 32.1. The molecule has 0 saturated heterocycles. The molecule has 2 rings (SSSR count). The van der Waals surface area contributed by atoms with E-state index in [4.69, 9.17) is 5.11 Å².